The van der Waals surface area contributed by atoms with Gasteiger partial charge in [-0.3, -0.25) is 0 Å². The Hall–Kier alpha value is -2.76. The maximum Gasteiger partial charge on any atom is 0.0975 e. The summed E-state index contributed by atoms with van der Waals surface area (Å²) in [6.07, 6.45) is 0. The van der Waals surface area contributed by atoms with Crippen LogP contribution in [0.2, 0.25) is 0 Å². The molecule has 0 aliphatic carbocycles. The minimum Gasteiger partial charge on any atom is -0.398 e. The molecule has 1 aromatic carbocycles. The van der Waals surface area contributed by atoms with Gasteiger partial charge in [0.2, 0.25) is 0 Å². The number of nitrogen functional groups attached to an aromatic ring is 1. The van der Waals surface area contributed by atoms with Crippen molar-refractivity contribution in [2.45, 2.75) is 32.7 Å². The number of hydrogen-bond donors (Lipinski definition) is 3. The highest BCUT2D eigenvalue weighted by Gasteiger charge is 2.29. The van der Waals surface area contributed by atoms with Gasteiger partial charge in [-0.2, -0.15) is 10.5 Å². The molecule has 22 heavy (non-hydrogen) atoms. The number of nitriles is 2. The number of allylic oxidation sites excluding steroid dienone is 4. The third-order valence-electron chi connectivity index (χ3n) is 3.94. The molecule has 1 aliphatic rings. The molecule has 0 saturated carbocycles. The molecular formula is C17H19N5. The summed E-state index contributed by atoms with van der Waals surface area (Å²) >= 11 is 0. The summed E-state index contributed by atoms with van der Waals surface area (Å²) in [6.45, 7) is 5.54. The van der Waals surface area contributed by atoms with E-state index in [-0.39, 0.29) is 12.0 Å². The molecule has 2 rings (SSSR count). The third-order valence-corrected chi connectivity index (χ3v) is 3.94. The van der Waals surface area contributed by atoms with Gasteiger partial charge >= 0.3 is 0 Å². The highest BCUT2D eigenvalue weighted by Crippen LogP contribution is 2.38. The van der Waals surface area contributed by atoms with E-state index in [1.807, 2.05) is 32.9 Å². The Morgan fingerprint density at radius 3 is 2.14 bits per heavy atom. The van der Waals surface area contributed by atoms with Gasteiger partial charge in [0.05, 0.1) is 29.2 Å². The van der Waals surface area contributed by atoms with E-state index < -0.39 is 0 Å². The zero-order chi connectivity index (χ0) is 16.4. The van der Waals surface area contributed by atoms with Gasteiger partial charge < -0.3 is 16.8 Å². The second-order valence-corrected chi connectivity index (χ2v) is 5.54. The molecule has 0 fully saturated rings. The lowest BCUT2D eigenvalue weighted by Crippen LogP contribution is -2.23. The molecule has 5 nitrogen and oxygen atoms in total. The molecular weight excluding hydrogens is 274 g/mol. The fourth-order valence-electron chi connectivity index (χ4n) is 2.79. The minimum atomic E-state index is -0.380. The van der Waals surface area contributed by atoms with Gasteiger partial charge in [0.1, 0.15) is 0 Å². The number of anilines is 1. The summed E-state index contributed by atoms with van der Waals surface area (Å²) in [6, 6.07) is 9.75. The van der Waals surface area contributed by atoms with Gasteiger partial charge in [-0.15, -0.1) is 0 Å². The molecule has 1 aliphatic heterocycles. The Labute approximate surface area is 130 Å². The molecule has 1 heterocycles. The Morgan fingerprint density at radius 2 is 1.68 bits per heavy atom. The van der Waals surface area contributed by atoms with Crippen molar-refractivity contribution in [3.63, 3.8) is 0 Å². The lowest BCUT2D eigenvalue weighted by atomic mass is 9.80. The maximum atomic E-state index is 9.50. The summed E-state index contributed by atoms with van der Waals surface area (Å²) in [7, 11) is 0. The normalized spacial score (nSPS) is 16.8. The van der Waals surface area contributed by atoms with Crippen LogP contribution in [0, 0.1) is 22.7 Å². The first-order valence-corrected chi connectivity index (χ1v) is 7.04. The van der Waals surface area contributed by atoms with Crippen LogP contribution in [0.4, 0.5) is 5.69 Å². The van der Waals surface area contributed by atoms with E-state index in [4.69, 9.17) is 11.5 Å². The van der Waals surface area contributed by atoms with Gasteiger partial charge in [-0.05, 0) is 38.0 Å². The first-order chi connectivity index (χ1) is 10.4. The molecule has 0 radical (unpaired) electrons. The van der Waals surface area contributed by atoms with Crippen LogP contribution in [0.5, 0.6) is 0 Å². The van der Waals surface area contributed by atoms with Crippen LogP contribution in [-0.4, -0.2) is 0 Å². The van der Waals surface area contributed by atoms with Gasteiger partial charge in [-0.25, -0.2) is 0 Å². The fourth-order valence-corrected chi connectivity index (χ4v) is 2.79. The standard InChI is InChI=1S/C17H19N5/c1-9(20)13-6-12(4-5-16(13)21)17-14(7-18)10(2)22-11(3)15(17)8-19/h4-6,9,17,22H,20-21H2,1-3H3. The van der Waals surface area contributed by atoms with Gasteiger partial charge in [-0.1, -0.05) is 12.1 Å². The van der Waals surface area contributed by atoms with Crippen LogP contribution in [0.1, 0.15) is 43.9 Å². The average molecular weight is 293 g/mol. The number of dihydropyridines is 1. The molecule has 0 bridgehead atoms. The predicted octanol–water partition coefficient (Wildman–Crippen LogP) is 2.57. The summed E-state index contributed by atoms with van der Waals surface area (Å²) in [5, 5.41) is 22.1. The molecule has 112 valence electrons. The summed E-state index contributed by atoms with van der Waals surface area (Å²) in [5.74, 6) is -0.380. The first kappa shape index (κ1) is 15.6. The smallest absolute Gasteiger partial charge is 0.0975 e. The summed E-state index contributed by atoms with van der Waals surface area (Å²) < 4.78 is 0. The Kier molecular flexibility index (Phi) is 4.21. The van der Waals surface area contributed by atoms with Crippen LogP contribution in [0.15, 0.2) is 40.7 Å². The predicted molar refractivity (Wildman–Crippen MR) is 86.0 cm³/mol. The number of nitrogens with zero attached hydrogens (tertiary/aromatic N) is 2. The van der Waals surface area contributed by atoms with Gasteiger partial charge in [0, 0.05) is 23.1 Å². The van der Waals surface area contributed by atoms with E-state index >= 15 is 0 Å². The molecule has 1 aromatic rings. The lowest BCUT2D eigenvalue weighted by molar-refractivity contribution is 0.797. The zero-order valence-corrected chi connectivity index (χ0v) is 12.9. The Balaban J connectivity index is 2.67. The van der Waals surface area contributed by atoms with Crippen molar-refractivity contribution in [2.24, 2.45) is 5.73 Å². The number of hydrogen-bond acceptors (Lipinski definition) is 5. The number of nitrogens with two attached hydrogens (primary N) is 2. The van der Waals surface area contributed by atoms with Crippen LogP contribution in [0.25, 0.3) is 0 Å². The monoisotopic (exact) mass is 293 g/mol. The second kappa shape index (κ2) is 5.93. The van der Waals surface area contributed by atoms with Crippen molar-refractivity contribution in [1.82, 2.24) is 5.32 Å². The van der Waals surface area contributed by atoms with E-state index in [1.165, 1.54) is 0 Å². The highest BCUT2D eigenvalue weighted by molar-refractivity contribution is 5.58. The van der Waals surface area contributed by atoms with Crippen molar-refractivity contribution < 1.29 is 0 Å². The van der Waals surface area contributed by atoms with Crippen molar-refractivity contribution in [1.29, 1.82) is 10.5 Å². The van der Waals surface area contributed by atoms with Crippen molar-refractivity contribution in [2.75, 3.05) is 5.73 Å². The van der Waals surface area contributed by atoms with Crippen LogP contribution in [-0.2, 0) is 0 Å². The quantitative estimate of drug-likeness (QED) is 0.725. The molecule has 0 amide bonds. The number of rotatable bonds is 2. The third kappa shape index (κ3) is 2.55. The van der Waals surface area contributed by atoms with E-state index in [1.54, 1.807) is 6.07 Å². The highest BCUT2D eigenvalue weighted by atomic mass is 14.9. The average Bonchev–Trinajstić information content (AvgIpc) is 2.47. The molecule has 5 N–H and O–H groups in total. The molecule has 5 heteroatoms. The van der Waals surface area contributed by atoms with E-state index in [9.17, 15) is 10.5 Å². The Morgan fingerprint density at radius 1 is 1.14 bits per heavy atom. The summed E-state index contributed by atoms with van der Waals surface area (Å²) in [5.41, 5.74) is 16.8. The molecule has 0 aromatic heterocycles. The number of nitrogens with one attached hydrogen (secondary N) is 1. The van der Waals surface area contributed by atoms with Crippen LogP contribution >= 0.6 is 0 Å². The van der Waals surface area contributed by atoms with Gasteiger partial charge in [0.15, 0.2) is 0 Å². The first-order valence-electron chi connectivity index (χ1n) is 7.04. The van der Waals surface area contributed by atoms with Crippen LogP contribution in [0.3, 0.4) is 0 Å². The SMILES string of the molecule is CC1=C(C#N)C(c2ccc(N)c(C(C)N)c2)C(C#N)=C(C)N1. The second-order valence-electron chi connectivity index (χ2n) is 5.54. The van der Waals surface area contributed by atoms with Crippen molar-refractivity contribution in [3.8, 4) is 12.1 Å². The Bertz CT molecular complexity index is 720. The summed E-state index contributed by atoms with van der Waals surface area (Å²) in [4.78, 5) is 0. The van der Waals surface area contributed by atoms with Crippen molar-refractivity contribution >= 4 is 5.69 Å². The molecule has 0 saturated heterocycles. The number of benzene rings is 1. The van der Waals surface area contributed by atoms with E-state index in [2.05, 4.69) is 17.5 Å². The zero-order valence-electron chi connectivity index (χ0n) is 12.9. The van der Waals surface area contributed by atoms with Gasteiger partial charge in [0.25, 0.3) is 0 Å². The molecule has 0 spiro atoms. The molecule has 1 atom stereocenters. The van der Waals surface area contributed by atoms with Crippen LogP contribution < -0.4 is 16.8 Å². The lowest BCUT2D eigenvalue weighted by Gasteiger charge is -2.27. The molecule has 1 unspecified atom stereocenters. The maximum absolute atomic E-state index is 9.50. The van der Waals surface area contributed by atoms with E-state index in [0.717, 1.165) is 22.5 Å². The van der Waals surface area contributed by atoms with E-state index in [0.29, 0.717) is 16.8 Å². The fraction of sp³-hybridized carbons (Fsp3) is 0.294. The largest absolute Gasteiger partial charge is 0.398 e. The van der Waals surface area contributed by atoms with Crippen molar-refractivity contribution in [3.05, 3.63) is 51.9 Å². The minimum absolute atomic E-state index is 0.215. The topological polar surface area (TPSA) is 112 Å².